The Balaban J connectivity index is 1.60. The summed E-state index contributed by atoms with van der Waals surface area (Å²) in [6.45, 7) is 6.40. The quantitative estimate of drug-likeness (QED) is 0.112. The van der Waals surface area contributed by atoms with Crippen LogP contribution in [0, 0.1) is 11.3 Å². The number of allylic oxidation sites excluding steroid dienone is 1. The first-order valence-corrected chi connectivity index (χ1v) is 13.3. The molecule has 0 unspecified atom stereocenters. The number of hydrogen-bond donors (Lipinski definition) is 1. The standard InChI is InChI=1S/C29H32N4O5S/c1-5-7-9-27-32-33-29(39-27)31-28(34)22(19-30)16-21-11-13-24(26(18-21)36-4)38-15-14-37-23-12-10-20(8-6-2)17-25(23)35-3/h6,10-13,16-18H,2,5,7-9,14-15H2,1,3-4H3,(H,31,33,34)/b22-16-. The normalized spacial score (nSPS) is 10.9. The fourth-order valence-corrected chi connectivity index (χ4v) is 4.31. The fourth-order valence-electron chi connectivity index (χ4n) is 3.53. The number of anilines is 1. The third-order valence-corrected chi connectivity index (χ3v) is 6.40. The summed E-state index contributed by atoms with van der Waals surface area (Å²) in [5, 5.41) is 21.5. The second-order valence-corrected chi connectivity index (χ2v) is 9.38. The zero-order valence-electron chi connectivity index (χ0n) is 22.4. The number of nitrogens with zero attached hydrogens (tertiary/aromatic N) is 3. The fraction of sp³-hybridized carbons (Fsp3) is 0.310. The lowest BCUT2D eigenvalue weighted by Crippen LogP contribution is -2.13. The van der Waals surface area contributed by atoms with Crippen LogP contribution < -0.4 is 24.3 Å². The Bertz CT molecular complexity index is 1350. The predicted molar refractivity (Wildman–Crippen MR) is 152 cm³/mol. The van der Waals surface area contributed by atoms with Crippen LogP contribution in [-0.4, -0.2) is 43.5 Å². The van der Waals surface area contributed by atoms with Gasteiger partial charge in [-0.2, -0.15) is 5.26 Å². The van der Waals surface area contributed by atoms with Gasteiger partial charge in [0.2, 0.25) is 5.13 Å². The highest BCUT2D eigenvalue weighted by atomic mass is 32.1. The molecule has 1 amide bonds. The molecule has 1 aromatic heterocycles. The van der Waals surface area contributed by atoms with E-state index in [9.17, 15) is 10.1 Å². The summed E-state index contributed by atoms with van der Waals surface area (Å²) in [6.07, 6.45) is 6.91. The average Bonchev–Trinajstić information content (AvgIpc) is 3.40. The Morgan fingerprint density at radius 2 is 1.74 bits per heavy atom. The second-order valence-electron chi connectivity index (χ2n) is 8.31. The molecule has 0 radical (unpaired) electrons. The van der Waals surface area contributed by atoms with Crippen molar-refractivity contribution >= 4 is 28.5 Å². The molecule has 9 nitrogen and oxygen atoms in total. The van der Waals surface area contributed by atoms with E-state index < -0.39 is 5.91 Å². The third kappa shape index (κ3) is 8.58. The molecule has 10 heteroatoms. The van der Waals surface area contributed by atoms with E-state index in [2.05, 4.69) is 29.0 Å². The van der Waals surface area contributed by atoms with Crippen LogP contribution in [0.1, 0.15) is 35.9 Å². The van der Waals surface area contributed by atoms with Gasteiger partial charge in [0.1, 0.15) is 29.9 Å². The summed E-state index contributed by atoms with van der Waals surface area (Å²) in [7, 11) is 3.12. The van der Waals surface area contributed by atoms with Crippen LogP contribution in [-0.2, 0) is 17.6 Å². The molecule has 1 N–H and O–H groups in total. The molecule has 0 aliphatic heterocycles. The van der Waals surface area contributed by atoms with Crippen LogP contribution in [0.25, 0.3) is 6.08 Å². The maximum absolute atomic E-state index is 12.6. The maximum Gasteiger partial charge on any atom is 0.268 e. The first kappa shape index (κ1) is 29.2. The van der Waals surface area contributed by atoms with Crippen LogP contribution in [0.3, 0.4) is 0 Å². The van der Waals surface area contributed by atoms with Gasteiger partial charge in [-0.3, -0.25) is 10.1 Å². The van der Waals surface area contributed by atoms with Crippen molar-refractivity contribution in [2.24, 2.45) is 0 Å². The highest BCUT2D eigenvalue weighted by Crippen LogP contribution is 2.30. The topological polar surface area (TPSA) is 116 Å². The molecule has 3 rings (SSSR count). The number of aromatic nitrogens is 2. The van der Waals surface area contributed by atoms with E-state index in [0.717, 1.165) is 36.3 Å². The number of carbonyl (C=O) groups excluding carboxylic acids is 1. The number of nitrogens with one attached hydrogen (secondary N) is 1. The predicted octanol–water partition coefficient (Wildman–Crippen LogP) is 5.63. The van der Waals surface area contributed by atoms with E-state index >= 15 is 0 Å². The number of carbonyl (C=O) groups is 1. The molecule has 204 valence electrons. The Kier molecular flexibility index (Phi) is 11.3. The molecular formula is C29H32N4O5S. The average molecular weight is 549 g/mol. The van der Waals surface area contributed by atoms with E-state index in [1.165, 1.54) is 24.5 Å². The van der Waals surface area contributed by atoms with Gasteiger partial charge >= 0.3 is 0 Å². The molecule has 0 saturated carbocycles. The van der Waals surface area contributed by atoms with Crippen LogP contribution in [0.4, 0.5) is 5.13 Å². The highest BCUT2D eigenvalue weighted by molar-refractivity contribution is 7.15. The molecule has 0 aliphatic carbocycles. The maximum atomic E-state index is 12.6. The van der Waals surface area contributed by atoms with Crippen molar-refractivity contribution in [3.05, 3.63) is 70.8 Å². The van der Waals surface area contributed by atoms with Gasteiger partial charge < -0.3 is 18.9 Å². The number of hydrogen-bond acceptors (Lipinski definition) is 9. The number of aryl methyl sites for hydroxylation is 1. The minimum absolute atomic E-state index is 0.0718. The molecule has 0 fully saturated rings. The van der Waals surface area contributed by atoms with Gasteiger partial charge in [-0.05, 0) is 54.3 Å². The van der Waals surface area contributed by atoms with Gasteiger partial charge in [-0.25, -0.2) is 0 Å². The van der Waals surface area contributed by atoms with Crippen molar-refractivity contribution in [2.75, 3.05) is 32.8 Å². The lowest BCUT2D eigenvalue weighted by atomic mass is 10.1. The minimum atomic E-state index is -0.555. The van der Waals surface area contributed by atoms with Gasteiger partial charge in [0, 0.05) is 6.42 Å². The first-order valence-electron chi connectivity index (χ1n) is 12.5. The van der Waals surface area contributed by atoms with Gasteiger partial charge in [0.25, 0.3) is 5.91 Å². The summed E-state index contributed by atoms with van der Waals surface area (Å²) < 4.78 is 22.6. The largest absolute Gasteiger partial charge is 0.493 e. The summed E-state index contributed by atoms with van der Waals surface area (Å²) in [4.78, 5) is 12.6. The van der Waals surface area contributed by atoms with E-state index in [1.807, 2.05) is 30.3 Å². The SMILES string of the molecule is C=CCc1ccc(OCCOc2ccc(/C=C(/C#N)C(=O)Nc3nnc(CCCC)s3)cc2OC)c(OC)c1. The molecule has 1 heterocycles. The molecule has 0 saturated heterocycles. The number of rotatable bonds is 15. The Labute approximate surface area is 232 Å². The summed E-state index contributed by atoms with van der Waals surface area (Å²) in [5.74, 6) is 1.67. The molecule has 0 aliphatic rings. The lowest BCUT2D eigenvalue weighted by Gasteiger charge is -2.14. The van der Waals surface area contributed by atoms with Crippen molar-refractivity contribution in [3.63, 3.8) is 0 Å². The highest BCUT2D eigenvalue weighted by Gasteiger charge is 2.14. The van der Waals surface area contributed by atoms with E-state index in [0.29, 0.717) is 33.7 Å². The lowest BCUT2D eigenvalue weighted by molar-refractivity contribution is -0.112. The number of ether oxygens (including phenoxy) is 4. The zero-order valence-corrected chi connectivity index (χ0v) is 23.2. The second kappa shape index (κ2) is 15.1. The summed E-state index contributed by atoms with van der Waals surface area (Å²) in [5.41, 5.74) is 1.61. The number of unbranched alkanes of at least 4 members (excludes halogenated alkanes) is 1. The number of amides is 1. The number of benzene rings is 2. The number of nitriles is 1. The zero-order chi connectivity index (χ0) is 28.0. The van der Waals surface area contributed by atoms with Gasteiger partial charge in [0.05, 0.1) is 14.2 Å². The molecule has 0 bridgehead atoms. The van der Waals surface area contributed by atoms with Crippen LogP contribution in [0.2, 0.25) is 0 Å². The van der Waals surface area contributed by atoms with Crippen LogP contribution >= 0.6 is 11.3 Å². The third-order valence-electron chi connectivity index (χ3n) is 5.50. The van der Waals surface area contributed by atoms with Crippen molar-refractivity contribution in [1.29, 1.82) is 5.26 Å². The van der Waals surface area contributed by atoms with Crippen molar-refractivity contribution < 1.29 is 23.7 Å². The first-order chi connectivity index (χ1) is 19.0. The summed E-state index contributed by atoms with van der Waals surface area (Å²) in [6, 6.07) is 12.8. The van der Waals surface area contributed by atoms with E-state index in [-0.39, 0.29) is 18.8 Å². The summed E-state index contributed by atoms with van der Waals surface area (Å²) >= 11 is 1.31. The Hall–Kier alpha value is -4.36. The Morgan fingerprint density at radius 3 is 2.38 bits per heavy atom. The van der Waals surface area contributed by atoms with Gasteiger partial charge in [0.15, 0.2) is 23.0 Å². The minimum Gasteiger partial charge on any atom is -0.493 e. The molecule has 3 aromatic rings. The smallest absolute Gasteiger partial charge is 0.268 e. The van der Waals surface area contributed by atoms with Gasteiger partial charge in [-0.15, -0.1) is 16.8 Å². The van der Waals surface area contributed by atoms with Crippen molar-refractivity contribution in [1.82, 2.24) is 10.2 Å². The van der Waals surface area contributed by atoms with Gasteiger partial charge in [-0.1, -0.05) is 42.9 Å². The van der Waals surface area contributed by atoms with Crippen LogP contribution in [0.5, 0.6) is 23.0 Å². The van der Waals surface area contributed by atoms with Crippen LogP contribution in [0.15, 0.2) is 54.6 Å². The Morgan fingerprint density at radius 1 is 1.05 bits per heavy atom. The molecular weight excluding hydrogens is 516 g/mol. The van der Waals surface area contributed by atoms with Crippen molar-refractivity contribution in [3.8, 4) is 29.1 Å². The van der Waals surface area contributed by atoms with E-state index in [4.69, 9.17) is 18.9 Å². The molecule has 0 atom stereocenters. The van der Waals surface area contributed by atoms with Crippen molar-refractivity contribution in [2.45, 2.75) is 32.6 Å². The molecule has 2 aromatic carbocycles. The molecule has 0 spiro atoms. The van der Waals surface area contributed by atoms with E-state index in [1.54, 1.807) is 25.3 Å². The molecule has 39 heavy (non-hydrogen) atoms. The monoisotopic (exact) mass is 548 g/mol. The number of methoxy groups -OCH3 is 2.